The number of carbonyl (C=O) groups is 2. The number of carbonyl (C=O) groups excluding carboxylic acids is 2. The molecule has 1 fully saturated rings. The second-order valence-electron chi connectivity index (χ2n) is 5.97. The average Bonchev–Trinajstić information content (AvgIpc) is 2.90. The van der Waals surface area contributed by atoms with E-state index in [1.165, 1.54) is 28.8 Å². The van der Waals surface area contributed by atoms with Gasteiger partial charge in [-0.25, -0.2) is 9.18 Å². The Kier molecular flexibility index (Phi) is 4.64. The Morgan fingerprint density at radius 1 is 1.33 bits per heavy atom. The Balaban J connectivity index is 1.96. The van der Waals surface area contributed by atoms with Crippen molar-refractivity contribution in [3.63, 3.8) is 0 Å². The van der Waals surface area contributed by atoms with E-state index < -0.39 is 5.92 Å². The van der Waals surface area contributed by atoms with Gasteiger partial charge in [-0.05, 0) is 36.6 Å². The molecular formula is C17H19FN2O3S. The van der Waals surface area contributed by atoms with E-state index >= 15 is 0 Å². The summed E-state index contributed by atoms with van der Waals surface area (Å²) in [5.41, 5.74) is 1.58. The van der Waals surface area contributed by atoms with Gasteiger partial charge in [0.1, 0.15) is 5.82 Å². The minimum atomic E-state index is -0.435. The lowest BCUT2D eigenvalue weighted by atomic mass is 9.94. The Bertz CT molecular complexity index is 722. The number of rotatable bonds is 4. The number of nitrogens with zero attached hydrogens (tertiary/aromatic N) is 2. The van der Waals surface area contributed by atoms with Gasteiger partial charge in [-0.1, -0.05) is 23.9 Å². The Hall–Kier alpha value is -1.86. The van der Waals surface area contributed by atoms with Crippen LogP contribution in [0.3, 0.4) is 0 Å². The zero-order valence-corrected chi connectivity index (χ0v) is 14.3. The van der Waals surface area contributed by atoms with Crippen molar-refractivity contribution in [1.29, 1.82) is 0 Å². The molecule has 0 aliphatic carbocycles. The number of aliphatic hydroxyl groups is 1. The molecule has 5 nitrogen and oxygen atoms in total. The minimum absolute atomic E-state index is 0.0764. The SMILES string of the molecule is CC1=C(c2cccc(F)c2)SC2C1C(=O)N(CCCO)C(=O)N2C. The van der Waals surface area contributed by atoms with E-state index in [9.17, 15) is 14.0 Å². The number of hydrogen-bond acceptors (Lipinski definition) is 4. The fourth-order valence-corrected chi connectivity index (χ4v) is 4.69. The van der Waals surface area contributed by atoms with Crippen molar-refractivity contribution in [2.45, 2.75) is 18.7 Å². The van der Waals surface area contributed by atoms with Gasteiger partial charge in [-0.2, -0.15) is 0 Å². The van der Waals surface area contributed by atoms with Gasteiger partial charge in [-0.3, -0.25) is 9.69 Å². The average molecular weight is 350 g/mol. The van der Waals surface area contributed by atoms with E-state index in [4.69, 9.17) is 5.11 Å². The summed E-state index contributed by atoms with van der Waals surface area (Å²) in [7, 11) is 1.67. The zero-order chi connectivity index (χ0) is 17.4. The maximum absolute atomic E-state index is 13.5. The van der Waals surface area contributed by atoms with E-state index in [-0.39, 0.29) is 36.3 Å². The smallest absolute Gasteiger partial charge is 0.327 e. The lowest BCUT2D eigenvalue weighted by Crippen LogP contribution is -2.58. The summed E-state index contributed by atoms with van der Waals surface area (Å²) >= 11 is 1.43. The molecule has 0 radical (unpaired) electrons. The highest BCUT2D eigenvalue weighted by atomic mass is 32.2. The molecule has 1 saturated heterocycles. The van der Waals surface area contributed by atoms with Gasteiger partial charge < -0.3 is 10.0 Å². The molecular weight excluding hydrogens is 331 g/mol. The first-order chi connectivity index (χ1) is 11.5. The summed E-state index contributed by atoms with van der Waals surface area (Å²) in [5, 5.41) is 8.67. The molecule has 1 aromatic carbocycles. The molecule has 0 aromatic heterocycles. The lowest BCUT2D eigenvalue weighted by molar-refractivity contribution is -0.135. The van der Waals surface area contributed by atoms with Crippen LogP contribution < -0.4 is 0 Å². The summed E-state index contributed by atoms with van der Waals surface area (Å²) in [6, 6.07) is 5.91. The van der Waals surface area contributed by atoms with Crippen LogP contribution in [0.1, 0.15) is 18.9 Å². The Morgan fingerprint density at radius 3 is 2.75 bits per heavy atom. The zero-order valence-electron chi connectivity index (χ0n) is 13.5. The number of aliphatic hydroxyl groups excluding tert-OH is 1. The van der Waals surface area contributed by atoms with Gasteiger partial charge in [0.05, 0.1) is 11.3 Å². The van der Waals surface area contributed by atoms with Crippen LogP contribution in [0.4, 0.5) is 9.18 Å². The van der Waals surface area contributed by atoms with Crippen LogP contribution in [0.15, 0.2) is 29.8 Å². The van der Waals surface area contributed by atoms with Gasteiger partial charge in [0, 0.05) is 25.1 Å². The van der Waals surface area contributed by atoms with Gasteiger partial charge in [-0.15, -0.1) is 0 Å². The number of fused-ring (bicyclic) bond motifs is 1. The van der Waals surface area contributed by atoms with Crippen molar-refractivity contribution >= 4 is 28.6 Å². The first kappa shape index (κ1) is 17.0. The molecule has 0 spiro atoms. The number of thioether (sulfide) groups is 1. The number of halogens is 1. The number of imide groups is 1. The van der Waals surface area contributed by atoms with Crippen LogP contribution in [0.25, 0.3) is 4.91 Å². The van der Waals surface area contributed by atoms with Crippen molar-refractivity contribution in [2.75, 3.05) is 20.2 Å². The Morgan fingerprint density at radius 2 is 2.08 bits per heavy atom. The van der Waals surface area contributed by atoms with Crippen LogP contribution in [0.2, 0.25) is 0 Å². The topological polar surface area (TPSA) is 60.9 Å². The fourth-order valence-electron chi connectivity index (χ4n) is 3.17. The summed E-state index contributed by atoms with van der Waals surface area (Å²) in [5.74, 6) is -1.01. The first-order valence-corrected chi connectivity index (χ1v) is 8.66. The number of amides is 3. The molecule has 1 aromatic rings. The first-order valence-electron chi connectivity index (χ1n) is 7.78. The molecule has 2 atom stereocenters. The molecule has 2 heterocycles. The van der Waals surface area contributed by atoms with Crippen molar-refractivity contribution in [1.82, 2.24) is 9.80 Å². The molecule has 2 unspecified atom stereocenters. The van der Waals surface area contributed by atoms with Crippen LogP contribution in [-0.2, 0) is 4.79 Å². The highest BCUT2D eigenvalue weighted by Crippen LogP contribution is 2.50. The summed E-state index contributed by atoms with van der Waals surface area (Å²) in [6.07, 6.45) is 0.357. The van der Waals surface area contributed by atoms with Crippen LogP contribution in [-0.4, -0.2) is 52.4 Å². The van der Waals surface area contributed by atoms with Crippen molar-refractivity contribution in [3.8, 4) is 0 Å². The number of urea groups is 1. The maximum atomic E-state index is 13.5. The van der Waals surface area contributed by atoms with E-state index in [0.717, 1.165) is 16.0 Å². The molecule has 2 aliphatic rings. The summed E-state index contributed by atoms with van der Waals surface area (Å²) < 4.78 is 13.5. The molecule has 0 saturated carbocycles. The third kappa shape index (κ3) is 2.71. The van der Waals surface area contributed by atoms with Crippen LogP contribution >= 0.6 is 11.8 Å². The van der Waals surface area contributed by atoms with Crippen LogP contribution in [0.5, 0.6) is 0 Å². The van der Waals surface area contributed by atoms with Crippen LogP contribution in [0, 0.1) is 11.7 Å². The monoisotopic (exact) mass is 350 g/mol. The van der Waals surface area contributed by atoms with Crippen molar-refractivity contribution in [2.24, 2.45) is 5.92 Å². The molecule has 7 heteroatoms. The van der Waals surface area contributed by atoms with Gasteiger partial charge in [0.25, 0.3) is 0 Å². The molecule has 128 valence electrons. The normalized spacial score (nSPS) is 24.0. The van der Waals surface area contributed by atoms with E-state index in [1.54, 1.807) is 18.0 Å². The lowest BCUT2D eigenvalue weighted by Gasteiger charge is -2.40. The second-order valence-corrected chi connectivity index (χ2v) is 7.10. The van der Waals surface area contributed by atoms with Gasteiger partial charge >= 0.3 is 6.03 Å². The van der Waals surface area contributed by atoms with E-state index in [2.05, 4.69) is 0 Å². The fraction of sp³-hybridized carbons (Fsp3) is 0.412. The van der Waals surface area contributed by atoms with Gasteiger partial charge in [0.15, 0.2) is 0 Å². The third-order valence-electron chi connectivity index (χ3n) is 4.42. The molecule has 0 bridgehead atoms. The van der Waals surface area contributed by atoms with Gasteiger partial charge in [0.2, 0.25) is 5.91 Å². The highest BCUT2D eigenvalue weighted by Gasteiger charge is 2.50. The third-order valence-corrected chi connectivity index (χ3v) is 6.04. The molecule has 3 rings (SSSR count). The predicted molar refractivity (Wildman–Crippen MR) is 90.4 cm³/mol. The minimum Gasteiger partial charge on any atom is -0.396 e. The summed E-state index contributed by atoms with van der Waals surface area (Å²) in [4.78, 5) is 28.9. The largest absolute Gasteiger partial charge is 0.396 e. The molecule has 24 heavy (non-hydrogen) atoms. The molecule has 2 aliphatic heterocycles. The van der Waals surface area contributed by atoms with E-state index in [1.807, 2.05) is 13.0 Å². The predicted octanol–water partition coefficient (Wildman–Crippen LogP) is 2.52. The highest BCUT2D eigenvalue weighted by molar-refractivity contribution is 8.09. The summed E-state index contributed by atoms with van der Waals surface area (Å²) in [6.45, 7) is 1.99. The second kappa shape index (κ2) is 6.57. The molecule has 1 N–H and O–H groups in total. The Labute approximate surface area is 144 Å². The standard InChI is InChI=1S/C17H19FN2O3S/c1-10-13-15(22)20(7-4-8-21)17(23)19(2)16(13)24-14(10)11-5-3-6-12(18)9-11/h3,5-6,9,13,16,21H,4,7-8H2,1-2H3. The molecule has 3 amide bonds. The quantitative estimate of drug-likeness (QED) is 0.906. The number of benzene rings is 1. The van der Waals surface area contributed by atoms with Crippen molar-refractivity contribution in [3.05, 3.63) is 41.2 Å². The maximum Gasteiger partial charge on any atom is 0.327 e. The number of hydrogen-bond donors (Lipinski definition) is 1. The van der Waals surface area contributed by atoms with E-state index in [0.29, 0.717) is 6.42 Å². The van der Waals surface area contributed by atoms with Crippen molar-refractivity contribution < 1.29 is 19.1 Å².